The fraction of sp³-hybridized carbons (Fsp3) is 0.600. The van der Waals surface area contributed by atoms with Crippen molar-refractivity contribution in [2.24, 2.45) is 0 Å². The van der Waals surface area contributed by atoms with E-state index in [0.717, 1.165) is 30.8 Å². The van der Waals surface area contributed by atoms with Gasteiger partial charge >= 0.3 is 0 Å². The Morgan fingerprint density at radius 1 is 1.40 bits per heavy atom. The summed E-state index contributed by atoms with van der Waals surface area (Å²) in [4.78, 5) is 5.70. The normalized spacial score (nSPS) is 13.1. The Labute approximate surface area is 125 Å². The number of aryl methyl sites for hydroxylation is 1. The van der Waals surface area contributed by atoms with Crippen molar-refractivity contribution in [3.8, 4) is 0 Å². The molecule has 1 N–H and O–H groups in total. The average Bonchev–Trinajstić information content (AvgIpc) is 3.03. The number of nitrogens with one attached hydrogen (secondary N) is 1. The van der Waals surface area contributed by atoms with Gasteiger partial charge in [-0.05, 0) is 39.8 Å². The zero-order valence-electron chi connectivity index (χ0n) is 12.8. The molecule has 0 radical (unpaired) electrons. The van der Waals surface area contributed by atoms with E-state index < -0.39 is 0 Å². The molecule has 0 fully saturated rings. The molecule has 0 saturated carbocycles. The van der Waals surface area contributed by atoms with Crippen LogP contribution in [0, 0.1) is 6.92 Å². The summed E-state index contributed by atoms with van der Waals surface area (Å²) in [6, 6.07) is 2.85. The van der Waals surface area contributed by atoms with E-state index in [-0.39, 0.29) is 0 Å². The lowest BCUT2D eigenvalue weighted by molar-refractivity contribution is 0.501. The number of thiazole rings is 1. The van der Waals surface area contributed by atoms with E-state index >= 15 is 0 Å². The van der Waals surface area contributed by atoms with E-state index in [2.05, 4.69) is 55.4 Å². The van der Waals surface area contributed by atoms with Crippen LogP contribution in [0.15, 0.2) is 17.8 Å². The zero-order chi connectivity index (χ0) is 14.5. The van der Waals surface area contributed by atoms with Gasteiger partial charge in [0.2, 0.25) is 0 Å². The van der Waals surface area contributed by atoms with Crippen LogP contribution in [0.2, 0.25) is 0 Å². The molecule has 0 spiro atoms. The zero-order valence-corrected chi connectivity index (χ0v) is 13.6. The van der Waals surface area contributed by atoms with E-state index in [1.807, 2.05) is 10.2 Å². The van der Waals surface area contributed by atoms with Crippen molar-refractivity contribution in [3.05, 3.63) is 34.0 Å². The van der Waals surface area contributed by atoms with E-state index in [1.165, 1.54) is 4.88 Å². The lowest BCUT2D eigenvalue weighted by Crippen LogP contribution is -2.24. The average molecular weight is 292 g/mol. The maximum absolute atomic E-state index is 4.66. The van der Waals surface area contributed by atoms with Crippen LogP contribution in [-0.4, -0.2) is 21.3 Å². The summed E-state index contributed by atoms with van der Waals surface area (Å²) < 4.78 is 2.02. The third-order valence-corrected chi connectivity index (χ3v) is 4.39. The van der Waals surface area contributed by atoms with E-state index in [9.17, 15) is 0 Å². The summed E-state index contributed by atoms with van der Waals surface area (Å²) in [5, 5.41) is 8.28. The lowest BCUT2D eigenvalue weighted by Gasteiger charge is -2.16. The third-order valence-electron chi connectivity index (χ3n) is 3.35. The summed E-state index contributed by atoms with van der Waals surface area (Å²) in [5.41, 5.74) is 4.20. The smallest absolute Gasteiger partial charge is 0.0798 e. The first-order chi connectivity index (χ1) is 9.61. The van der Waals surface area contributed by atoms with Crippen LogP contribution in [0.3, 0.4) is 0 Å². The Balaban J connectivity index is 2.12. The first-order valence-corrected chi connectivity index (χ1v) is 8.17. The molecule has 0 aliphatic rings. The maximum atomic E-state index is 4.66. The van der Waals surface area contributed by atoms with Crippen molar-refractivity contribution in [1.29, 1.82) is 0 Å². The minimum Gasteiger partial charge on any atom is -0.309 e. The summed E-state index contributed by atoms with van der Waals surface area (Å²) >= 11 is 1.73. The highest BCUT2D eigenvalue weighted by molar-refractivity contribution is 7.09. The number of nitrogens with zero attached hydrogens (tertiary/aromatic N) is 3. The number of rotatable bonds is 7. The Morgan fingerprint density at radius 2 is 2.20 bits per heavy atom. The van der Waals surface area contributed by atoms with Crippen molar-refractivity contribution in [2.45, 2.75) is 52.6 Å². The maximum Gasteiger partial charge on any atom is 0.0798 e. The molecule has 5 heteroatoms. The van der Waals surface area contributed by atoms with Gasteiger partial charge < -0.3 is 5.32 Å². The molecule has 0 aromatic carbocycles. The monoisotopic (exact) mass is 292 g/mol. The minimum absolute atomic E-state index is 0.318. The highest BCUT2D eigenvalue weighted by Crippen LogP contribution is 2.25. The van der Waals surface area contributed by atoms with Crippen LogP contribution >= 0.6 is 11.3 Å². The van der Waals surface area contributed by atoms with Gasteiger partial charge in [-0.1, -0.05) is 6.92 Å². The second-order valence-corrected chi connectivity index (χ2v) is 6.28. The second kappa shape index (κ2) is 6.99. The van der Waals surface area contributed by atoms with Gasteiger partial charge in [0.1, 0.15) is 0 Å². The molecule has 0 aliphatic heterocycles. The summed E-state index contributed by atoms with van der Waals surface area (Å²) in [6.45, 7) is 9.59. The fourth-order valence-corrected chi connectivity index (χ4v) is 3.08. The quantitative estimate of drug-likeness (QED) is 0.849. The van der Waals surface area contributed by atoms with Crippen molar-refractivity contribution in [3.63, 3.8) is 0 Å². The first kappa shape index (κ1) is 15.2. The van der Waals surface area contributed by atoms with E-state index in [4.69, 9.17) is 0 Å². The molecule has 2 aromatic rings. The van der Waals surface area contributed by atoms with Gasteiger partial charge in [0.05, 0.1) is 16.9 Å². The van der Waals surface area contributed by atoms with Crippen LogP contribution in [0.1, 0.15) is 55.5 Å². The molecule has 2 heterocycles. The van der Waals surface area contributed by atoms with Crippen molar-refractivity contribution < 1.29 is 0 Å². The van der Waals surface area contributed by atoms with Crippen LogP contribution in [-0.2, 0) is 6.42 Å². The standard InChI is InChI=1S/C15H24N4S/c1-5-7-16-14(15-12(4)17-10-20-15)9-13-6-8-19(18-13)11(2)3/h6,8,10-11,14,16H,5,7,9H2,1-4H3. The summed E-state index contributed by atoms with van der Waals surface area (Å²) in [7, 11) is 0. The Morgan fingerprint density at radius 3 is 2.75 bits per heavy atom. The largest absolute Gasteiger partial charge is 0.309 e. The Kier molecular flexibility index (Phi) is 5.31. The van der Waals surface area contributed by atoms with Gasteiger partial charge in [-0.25, -0.2) is 4.98 Å². The van der Waals surface area contributed by atoms with Crippen LogP contribution in [0.25, 0.3) is 0 Å². The van der Waals surface area contributed by atoms with Crippen molar-refractivity contribution in [1.82, 2.24) is 20.1 Å². The van der Waals surface area contributed by atoms with Crippen LogP contribution in [0.5, 0.6) is 0 Å². The van der Waals surface area contributed by atoms with Gasteiger partial charge in [0.15, 0.2) is 0 Å². The molecule has 1 atom stereocenters. The van der Waals surface area contributed by atoms with E-state index in [1.54, 1.807) is 11.3 Å². The third kappa shape index (κ3) is 3.67. The number of aromatic nitrogens is 3. The van der Waals surface area contributed by atoms with Crippen LogP contribution in [0.4, 0.5) is 0 Å². The lowest BCUT2D eigenvalue weighted by atomic mass is 10.1. The van der Waals surface area contributed by atoms with Gasteiger partial charge in [-0.15, -0.1) is 11.3 Å². The number of hydrogen-bond acceptors (Lipinski definition) is 4. The summed E-state index contributed by atoms with van der Waals surface area (Å²) in [6.07, 6.45) is 4.12. The second-order valence-electron chi connectivity index (χ2n) is 5.39. The molecule has 2 rings (SSSR count). The molecule has 0 aliphatic carbocycles. The molecular weight excluding hydrogens is 268 g/mol. The highest BCUT2D eigenvalue weighted by atomic mass is 32.1. The van der Waals surface area contributed by atoms with Gasteiger partial charge in [-0.3, -0.25) is 4.68 Å². The van der Waals surface area contributed by atoms with Crippen LogP contribution < -0.4 is 5.32 Å². The topological polar surface area (TPSA) is 42.7 Å². The number of hydrogen-bond donors (Lipinski definition) is 1. The predicted molar refractivity (Wildman–Crippen MR) is 84.2 cm³/mol. The van der Waals surface area contributed by atoms with E-state index in [0.29, 0.717) is 12.1 Å². The molecule has 1 unspecified atom stereocenters. The molecule has 0 amide bonds. The van der Waals surface area contributed by atoms with Crippen molar-refractivity contribution >= 4 is 11.3 Å². The molecular formula is C15H24N4S. The Hall–Kier alpha value is -1.20. The molecule has 0 saturated heterocycles. The molecule has 0 bridgehead atoms. The predicted octanol–water partition coefficient (Wildman–Crippen LogP) is 3.51. The van der Waals surface area contributed by atoms with Crippen molar-refractivity contribution in [2.75, 3.05) is 6.54 Å². The fourth-order valence-electron chi connectivity index (χ4n) is 2.20. The highest BCUT2D eigenvalue weighted by Gasteiger charge is 2.17. The Bertz CT molecular complexity index is 529. The molecule has 2 aromatic heterocycles. The first-order valence-electron chi connectivity index (χ1n) is 7.29. The molecule has 110 valence electrons. The van der Waals surface area contributed by atoms with Gasteiger partial charge in [0, 0.05) is 29.6 Å². The molecule has 20 heavy (non-hydrogen) atoms. The van der Waals surface area contributed by atoms with Gasteiger partial charge in [-0.2, -0.15) is 5.10 Å². The molecule has 4 nitrogen and oxygen atoms in total. The summed E-state index contributed by atoms with van der Waals surface area (Å²) in [5.74, 6) is 0. The SMILES string of the molecule is CCCNC(Cc1ccn(C(C)C)n1)c1scnc1C. The van der Waals surface area contributed by atoms with Gasteiger partial charge in [0.25, 0.3) is 0 Å². The minimum atomic E-state index is 0.318.